The monoisotopic (exact) mass is 382 g/mol. The molecule has 3 heterocycles. The number of nitrogens with zero attached hydrogens (tertiary/aromatic N) is 3. The van der Waals surface area contributed by atoms with Crippen molar-refractivity contribution in [3.8, 4) is 16.9 Å². The van der Waals surface area contributed by atoms with Crippen LogP contribution in [0.3, 0.4) is 0 Å². The second-order valence-electron chi connectivity index (χ2n) is 7.09. The molecule has 0 amide bonds. The van der Waals surface area contributed by atoms with Crippen molar-refractivity contribution in [3.63, 3.8) is 0 Å². The molecule has 0 radical (unpaired) electrons. The third-order valence-corrected chi connectivity index (χ3v) is 6.29. The van der Waals surface area contributed by atoms with Gasteiger partial charge in [0.15, 0.2) is 0 Å². The molecule has 0 saturated carbocycles. The summed E-state index contributed by atoms with van der Waals surface area (Å²) in [5.41, 5.74) is 2.33. The van der Waals surface area contributed by atoms with Gasteiger partial charge in [0.2, 0.25) is 0 Å². The molecule has 1 aromatic carbocycles. The Hall–Kier alpha value is -2.18. The summed E-state index contributed by atoms with van der Waals surface area (Å²) in [5.74, 6) is 1.79. The number of hydrogen-bond acceptors (Lipinski definition) is 6. The summed E-state index contributed by atoms with van der Waals surface area (Å²) in [7, 11) is 1.69. The Morgan fingerprint density at radius 2 is 2.07 bits per heavy atom. The van der Waals surface area contributed by atoms with Gasteiger partial charge in [-0.15, -0.1) is 11.3 Å². The van der Waals surface area contributed by atoms with E-state index >= 15 is 0 Å². The lowest BCUT2D eigenvalue weighted by Gasteiger charge is -2.33. The summed E-state index contributed by atoms with van der Waals surface area (Å²) < 4.78 is 5.28. The number of methoxy groups -OCH3 is 1. The van der Waals surface area contributed by atoms with Crippen molar-refractivity contribution in [1.82, 2.24) is 14.9 Å². The van der Waals surface area contributed by atoms with Crippen LogP contribution >= 0.6 is 11.3 Å². The molecule has 3 aromatic rings. The smallest absolute Gasteiger partial charge is 0.138 e. The lowest BCUT2D eigenvalue weighted by molar-refractivity contribution is 0.167. The van der Waals surface area contributed by atoms with Crippen LogP contribution in [0.25, 0.3) is 21.3 Å². The summed E-state index contributed by atoms with van der Waals surface area (Å²) in [6.07, 6.45) is 5.64. The van der Waals surface area contributed by atoms with Gasteiger partial charge in [0.1, 0.15) is 22.7 Å². The van der Waals surface area contributed by atoms with Gasteiger partial charge >= 0.3 is 0 Å². The number of benzene rings is 1. The van der Waals surface area contributed by atoms with Gasteiger partial charge in [-0.1, -0.05) is 18.6 Å². The van der Waals surface area contributed by atoms with E-state index in [-0.39, 0.29) is 0 Å². The zero-order chi connectivity index (χ0) is 18.6. The molecule has 1 saturated heterocycles. The lowest BCUT2D eigenvalue weighted by Crippen LogP contribution is -2.40. The fourth-order valence-corrected chi connectivity index (χ4v) is 4.72. The maximum Gasteiger partial charge on any atom is 0.138 e. The average molecular weight is 383 g/mol. The van der Waals surface area contributed by atoms with Crippen LogP contribution in [0.5, 0.6) is 5.75 Å². The Kier molecular flexibility index (Phi) is 5.55. The van der Waals surface area contributed by atoms with Gasteiger partial charge in [0.05, 0.1) is 12.5 Å². The highest BCUT2D eigenvalue weighted by molar-refractivity contribution is 7.17. The highest BCUT2D eigenvalue weighted by Gasteiger charge is 2.18. The molecule has 27 heavy (non-hydrogen) atoms. The predicted octanol–water partition coefficient (Wildman–Crippen LogP) is 4.65. The minimum Gasteiger partial charge on any atom is -0.497 e. The highest BCUT2D eigenvalue weighted by Crippen LogP contribution is 2.36. The number of rotatable bonds is 6. The fourth-order valence-electron chi connectivity index (χ4n) is 3.80. The minimum absolute atomic E-state index is 0.682. The minimum atomic E-state index is 0.682. The zero-order valence-corrected chi connectivity index (χ0v) is 16.8. The number of piperidine rings is 1. The van der Waals surface area contributed by atoms with Crippen LogP contribution in [0.4, 0.5) is 5.82 Å². The first-order valence-electron chi connectivity index (χ1n) is 9.61. The van der Waals surface area contributed by atoms with E-state index in [9.17, 15) is 0 Å². The number of anilines is 1. The molecule has 0 bridgehead atoms. The van der Waals surface area contributed by atoms with Gasteiger partial charge in [0, 0.05) is 30.1 Å². The summed E-state index contributed by atoms with van der Waals surface area (Å²) in [6, 6.07) is 8.85. The summed E-state index contributed by atoms with van der Waals surface area (Å²) in [4.78, 5) is 12.6. The van der Waals surface area contributed by atoms with Crippen LogP contribution in [0.1, 0.15) is 26.2 Å². The van der Waals surface area contributed by atoms with Crippen LogP contribution in [-0.4, -0.2) is 47.7 Å². The zero-order valence-electron chi connectivity index (χ0n) is 15.9. The van der Waals surface area contributed by atoms with Gasteiger partial charge in [-0.05, 0) is 44.0 Å². The molecule has 1 atom stereocenters. The van der Waals surface area contributed by atoms with E-state index in [2.05, 4.69) is 44.6 Å². The number of fused-ring (bicyclic) bond motifs is 1. The highest BCUT2D eigenvalue weighted by atomic mass is 32.1. The third-order valence-electron chi connectivity index (χ3n) is 5.40. The van der Waals surface area contributed by atoms with Crippen molar-refractivity contribution >= 4 is 27.4 Å². The molecule has 2 aromatic heterocycles. The van der Waals surface area contributed by atoms with E-state index in [4.69, 9.17) is 4.74 Å². The molecule has 1 aliphatic heterocycles. The van der Waals surface area contributed by atoms with Crippen LogP contribution in [0.2, 0.25) is 0 Å². The number of hydrogen-bond donors (Lipinski definition) is 1. The maximum absolute atomic E-state index is 5.28. The average Bonchev–Trinajstić information content (AvgIpc) is 3.14. The Bertz CT molecular complexity index is 893. The fraction of sp³-hybridized carbons (Fsp3) is 0.429. The van der Waals surface area contributed by atoms with Crippen molar-refractivity contribution in [2.45, 2.75) is 32.2 Å². The molecule has 142 valence electrons. The third kappa shape index (κ3) is 3.92. The van der Waals surface area contributed by atoms with E-state index in [0.29, 0.717) is 6.04 Å². The number of likely N-dealkylation sites (tertiary alicyclic amines) is 1. The lowest BCUT2D eigenvalue weighted by atomic mass is 10.0. The quantitative estimate of drug-likeness (QED) is 0.672. The maximum atomic E-state index is 5.28. The number of thiophene rings is 1. The Morgan fingerprint density at radius 1 is 1.22 bits per heavy atom. The van der Waals surface area contributed by atoms with Crippen molar-refractivity contribution < 1.29 is 4.74 Å². The summed E-state index contributed by atoms with van der Waals surface area (Å²) in [6.45, 7) is 5.49. The van der Waals surface area contributed by atoms with Crippen molar-refractivity contribution in [1.29, 1.82) is 0 Å². The van der Waals surface area contributed by atoms with E-state index in [1.165, 1.54) is 31.4 Å². The standard InChI is InChI=1S/C21H26N4OS/c1-15-5-3-4-11-25(15)12-10-22-20-19-18(13-27-21(19)24-14-23-20)16-6-8-17(26-2)9-7-16/h6-9,13-15H,3-5,10-12H2,1-2H3,(H,22,23,24)/t15-/m1/s1. The molecule has 0 aliphatic carbocycles. The normalized spacial score (nSPS) is 17.9. The van der Waals surface area contributed by atoms with Crippen molar-refractivity contribution in [2.75, 3.05) is 32.1 Å². The molecule has 0 spiro atoms. The van der Waals surface area contributed by atoms with Gasteiger partial charge in [-0.25, -0.2) is 9.97 Å². The molecule has 1 fully saturated rings. The largest absolute Gasteiger partial charge is 0.497 e. The second-order valence-corrected chi connectivity index (χ2v) is 7.95. The molecule has 4 rings (SSSR count). The first kappa shape index (κ1) is 18.2. The molecule has 5 nitrogen and oxygen atoms in total. The van der Waals surface area contributed by atoms with E-state index < -0.39 is 0 Å². The topological polar surface area (TPSA) is 50.3 Å². The molecule has 1 N–H and O–H groups in total. The Morgan fingerprint density at radius 3 is 2.85 bits per heavy atom. The van der Waals surface area contributed by atoms with Gasteiger partial charge in [-0.2, -0.15) is 0 Å². The molecular weight excluding hydrogens is 356 g/mol. The summed E-state index contributed by atoms with van der Waals surface area (Å²) >= 11 is 1.66. The molecule has 0 unspecified atom stereocenters. The van der Waals surface area contributed by atoms with Crippen LogP contribution in [-0.2, 0) is 0 Å². The van der Waals surface area contributed by atoms with Gasteiger partial charge in [-0.3, -0.25) is 4.90 Å². The first-order valence-corrected chi connectivity index (χ1v) is 10.5. The summed E-state index contributed by atoms with van der Waals surface area (Å²) in [5, 5.41) is 6.84. The molecule has 6 heteroatoms. The van der Waals surface area contributed by atoms with Crippen molar-refractivity contribution in [2.24, 2.45) is 0 Å². The van der Waals surface area contributed by atoms with Crippen LogP contribution < -0.4 is 10.1 Å². The predicted molar refractivity (Wildman–Crippen MR) is 113 cm³/mol. The molecular formula is C21H26N4OS. The number of ether oxygens (including phenoxy) is 1. The van der Waals surface area contributed by atoms with Crippen LogP contribution in [0.15, 0.2) is 36.0 Å². The van der Waals surface area contributed by atoms with Crippen molar-refractivity contribution in [3.05, 3.63) is 36.0 Å². The Balaban J connectivity index is 1.54. The van der Waals surface area contributed by atoms with E-state index in [1.54, 1.807) is 24.8 Å². The van der Waals surface area contributed by atoms with Crippen LogP contribution in [0, 0.1) is 0 Å². The van der Waals surface area contributed by atoms with E-state index in [0.717, 1.165) is 40.4 Å². The first-order chi connectivity index (χ1) is 13.3. The van der Waals surface area contributed by atoms with E-state index in [1.807, 2.05) is 12.1 Å². The Labute approximate surface area is 164 Å². The number of aromatic nitrogens is 2. The number of nitrogens with one attached hydrogen (secondary N) is 1. The second kappa shape index (κ2) is 8.23. The van der Waals surface area contributed by atoms with Gasteiger partial charge in [0.25, 0.3) is 0 Å². The molecule has 1 aliphatic rings. The van der Waals surface area contributed by atoms with Gasteiger partial charge < -0.3 is 10.1 Å². The SMILES string of the molecule is COc1ccc(-c2csc3ncnc(NCCN4CCCC[C@H]4C)c23)cc1.